The third-order valence-electron chi connectivity index (χ3n) is 3.15. The number of hydrogen-bond donors (Lipinski definition) is 0. The predicted octanol–water partition coefficient (Wildman–Crippen LogP) is 6.34. The molecule has 0 amide bonds. The van der Waals surface area contributed by atoms with Gasteiger partial charge in [0.25, 0.3) is 5.69 Å². The minimum absolute atomic E-state index is 0.0995. The Balaban J connectivity index is 0.000000186. The summed E-state index contributed by atoms with van der Waals surface area (Å²) >= 11 is 0. The van der Waals surface area contributed by atoms with Crippen molar-refractivity contribution in [3.05, 3.63) is 107 Å². The average molecular weight is 331 g/mol. The van der Waals surface area contributed by atoms with Crippen molar-refractivity contribution in [3.8, 4) is 0 Å². The summed E-state index contributed by atoms with van der Waals surface area (Å²) in [5, 5.41) is 18.5. The fourth-order valence-electron chi connectivity index (χ4n) is 1.93. The van der Waals surface area contributed by atoms with Crippen molar-refractivity contribution in [2.24, 2.45) is 10.2 Å². The monoisotopic (exact) mass is 331 g/mol. The molecule has 124 valence electrons. The Hall–Kier alpha value is -3.60. The molecule has 3 aromatic rings. The fraction of sp³-hybridized carbons (Fsp3) is 0. The summed E-state index contributed by atoms with van der Waals surface area (Å²) in [6.45, 7) is 3.47. The Morgan fingerprint density at radius 1 is 0.760 bits per heavy atom. The number of nitrogens with zero attached hydrogens (tertiary/aromatic N) is 3. The molecule has 0 aliphatic heterocycles. The van der Waals surface area contributed by atoms with E-state index in [1.807, 2.05) is 60.7 Å². The second-order valence-corrected chi connectivity index (χ2v) is 4.89. The number of nitro benzene ring substituents is 1. The van der Waals surface area contributed by atoms with Crippen LogP contribution in [-0.4, -0.2) is 4.92 Å². The molecule has 3 aromatic carbocycles. The Morgan fingerprint density at radius 3 is 1.60 bits per heavy atom. The fourth-order valence-corrected chi connectivity index (χ4v) is 1.93. The second-order valence-electron chi connectivity index (χ2n) is 4.89. The summed E-state index contributed by atoms with van der Waals surface area (Å²) in [6.07, 6.45) is 1.47. The maximum absolute atomic E-state index is 10.3. The van der Waals surface area contributed by atoms with Crippen LogP contribution >= 0.6 is 0 Å². The molecule has 0 bridgehead atoms. The highest BCUT2D eigenvalue weighted by Crippen LogP contribution is 2.18. The highest BCUT2D eigenvalue weighted by molar-refractivity contribution is 5.58. The number of para-hydroxylation sites is 1. The van der Waals surface area contributed by atoms with E-state index in [1.54, 1.807) is 18.2 Å². The molecule has 5 nitrogen and oxygen atoms in total. The molecule has 0 heterocycles. The van der Waals surface area contributed by atoms with Gasteiger partial charge in [-0.3, -0.25) is 10.1 Å². The Labute approximate surface area is 146 Å². The van der Waals surface area contributed by atoms with Gasteiger partial charge in [0, 0.05) is 6.07 Å². The molecule has 3 rings (SSSR count). The molecule has 0 aromatic heterocycles. The highest BCUT2D eigenvalue weighted by Gasteiger charge is 2.07. The van der Waals surface area contributed by atoms with Crippen molar-refractivity contribution in [2.75, 3.05) is 0 Å². The molecule has 25 heavy (non-hydrogen) atoms. The lowest BCUT2D eigenvalue weighted by Gasteiger charge is -1.93. The molecule has 0 aliphatic rings. The lowest BCUT2D eigenvalue weighted by atomic mass is 10.2. The summed E-state index contributed by atoms with van der Waals surface area (Å²) in [7, 11) is 0. The van der Waals surface area contributed by atoms with E-state index in [0.29, 0.717) is 5.56 Å². The molecule has 0 N–H and O–H groups in total. The van der Waals surface area contributed by atoms with Gasteiger partial charge in [-0.25, -0.2) is 0 Å². The first-order valence-electron chi connectivity index (χ1n) is 7.58. The van der Waals surface area contributed by atoms with Crippen LogP contribution in [0.3, 0.4) is 0 Å². The van der Waals surface area contributed by atoms with Crippen LogP contribution in [0.4, 0.5) is 17.1 Å². The second kappa shape index (κ2) is 9.52. The molecule has 0 radical (unpaired) electrons. The van der Waals surface area contributed by atoms with Gasteiger partial charge >= 0.3 is 0 Å². The molecule has 0 aliphatic carbocycles. The molecule has 0 unspecified atom stereocenters. The van der Waals surface area contributed by atoms with E-state index in [-0.39, 0.29) is 5.69 Å². The smallest absolute Gasteiger partial charge is 0.258 e. The molecule has 0 spiro atoms. The van der Waals surface area contributed by atoms with Crippen molar-refractivity contribution >= 4 is 23.1 Å². The van der Waals surface area contributed by atoms with Crippen LogP contribution in [0, 0.1) is 10.1 Å². The van der Waals surface area contributed by atoms with Gasteiger partial charge in [-0.05, 0) is 30.3 Å². The number of rotatable bonds is 4. The topological polar surface area (TPSA) is 67.9 Å². The van der Waals surface area contributed by atoms with Crippen LogP contribution in [0.2, 0.25) is 0 Å². The van der Waals surface area contributed by atoms with Crippen LogP contribution in [-0.2, 0) is 0 Å². The molecule has 0 atom stereocenters. The standard InChI is InChI=1S/C12H10N2.C8H7NO2/c1-3-7-11(8-4-1)13-14-12-9-5-2-6-10-12;1-2-7-5-3-4-6-8(7)9(10)11/h1-10H;2-6H,1H2. The number of benzene rings is 3. The van der Waals surface area contributed by atoms with Crippen LogP contribution in [0.15, 0.2) is 102 Å². The lowest BCUT2D eigenvalue weighted by Crippen LogP contribution is -1.89. The quantitative estimate of drug-likeness (QED) is 0.318. The molecule has 0 saturated carbocycles. The van der Waals surface area contributed by atoms with Gasteiger partial charge in [0.2, 0.25) is 0 Å². The molecule has 0 fully saturated rings. The number of nitro groups is 1. The van der Waals surface area contributed by atoms with Gasteiger partial charge in [0.05, 0.1) is 21.9 Å². The zero-order valence-corrected chi connectivity index (χ0v) is 13.5. The summed E-state index contributed by atoms with van der Waals surface area (Å²) in [5.74, 6) is 0. The normalized spacial score (nSPS) is 9.92. The van der Waals surface area contributed by atoms with E-state index in [2.05, 4.69) is 16.8 Å². The van der Waals surface area contributed by atoms with Crippen LogP contribution < -0.4 is 0 Å². The maximum Gasteiger partial charge on any atom is 0.276 e. The maximum atomic E-state index is 10.3. The van der Waals surface area contributed by atoms with Gasteiger partial charge < -0.3 is 0 Å². The SMILES string of the molecule is C=Cc1ccccc1[N+](=O)[O-].c1ccc(N=Nc2ccccc2)cc1. The van der Waals surface area contributed by atoms with Crippen molar-refractivity contribution in [1.82, 2.24) is 0 Å². The lowest BCUT2D eigenvalue weighted by molar-refractivity contribution is -0.385. The van der Waals surface area contributed by atoms with Crippen molar-refractivity contribution in [1.29, 1.82) is 0 Å². The van der Waals surface area contributed by atoms with Crippen molar-refractivity contribution in [2.45, 2.75) is 0 Å². The van der Waals surface area contributed by atoms with E-state index in [1.165, 1.54) is 12.1 Å². The van der Waals surface area contributed by atoms with E-state index < -0.39 is 4.92 Å². The average Bonchev–Trinajstić information content (AvgIpc) is 2.68. The van der Waals surface area contributed by atoms with E-state index in [0.717, 1.165) is 11.4 Å². The third kappa shape index (κ3) is 5.84. The number of hydrogen-bond acceptors (Lipinski definition) is 4. The van der Waals surface area contributed by atoms with Crippen LogP contribution in [0.5, 0.6) is 0 Å². The minimum Gasteiger partial charge on any atom is -0.258 e. The van der Waals surface area contributed by atoms with Crippen LogP contribution in [0.25, 0.3) is 6.08 Å². The largest absolute Gasteiger partial charge is 0.276 e. The summed E-state index contributed by atoms with van der Waals surface area (Å²) in [6, 6.07) is 25.9. The Kier molecular flexibility index (Phi) is 6.76. The van der Waals surface area contributed by atoms with Crippen molar-refractivity contribution < 1.29 is 4.92 Å². The number of azo groups is 1. The van der Waals surface area contributed by atoms with Gasteiger partial charge in [-0.15, -0.1) is 0 Å². The highest BCUT2D eigenvalue weighted by atomic mass is 16.6. The molecular formula is C20H17N3O2. The van der Waals surface area contributed by atoms with E-state index in [9.17, 15) is 10.1 Å². The molecular weight excluding hydrogens is 314 g/mol. The van der Waals surface area contributed by atoms with Gasteiger partial charge in [0.15, 0.2) is 0 Å². The van der Waals surface area contributed by atoms with E-state index in [4.69, 9.17) is 0 Å². The Morgan fingerprint density at radius 2 is 1.20 bits per heavy atom. The zero-order chi connectivity index (χ0) is 17.9. The van der Waals surface area contributed by atoms with Gasteiger partial charge in [-0.1, -0.05) is 61.2 Å². The summed E-state index contributed by atoms with van der Waals surface area (Å²) < 4.78 is 0. The summed E-state index contributed by atoms with van der Waals surface area (Å²) in [4.78, 5) is 9.92. The van der Waals surface area contributed by atoms with Gasteiger partial charge in [0.1, 0.15) is 0 Å². The van der Waals surface area contributed by atoms with Crippen molar-refractivity contribution in [3.63, 3.8) is 0 Å². The van der Waals surface area contributed by atoms with E-state index >= 15 is 0 Å². The third-order valence-corrected chi connectivity index (χ3v) is 3.15. The first-order chi connectivity index (χ1) is 12.2. The predicted molar refractivity (Wildman–Crippen MR) is 100 cm³/mol. The minimum atomic E-state index is -0.420. The zero-order valence-electron chi connectivity index (χ0n) is 13.5. The molecule has 5 heteroatoms. The first kappa shape index (κ1) is 17.7. The van der Waals surface area contributed by atoms with Gasteiger partial charge in [-0.2, -0.15) is 10.2 Å². The Bertz CT molecular complexity index is 806. The van der Waals surface area contributed by atoms with Crippen LogP contribution in [0.1, 0.15) is 5.56 Å². The first-order valence-corrected chi connectivity index (χ1v) is 7.58. The summed E-state index contributed by atoms with van der Waals surface area (Å²) in [5.41, 5.74) is 2.40. The molecule has 0 saturated heterocycles.